The zero-order valence-electron chi connectivity index (χ0n) is 17.7. The number of amides is 2. The zero-order valence-corrected chi connectivity index (χ0v) is 19.3. The summed E-state index contributed by atoms with van der Waals surface area (Å²) in [6.07, 6.45) is 0. The Balaban J connectivity index is 2.14. The van der Waals surface area contributed by atoms with Gasteiger partial charge in [0.25, 0.3) is 0 Å². The van der Waals surface area contributed by atoms with E-state index in [1.807, 2.05) is 38.1 Å². The number of carboxylic acid groups (broad SMARTS) is 1. The first-order valence-electron chi connectivity index (χ1n) is 9.86. The lowest BCUT2D eigenvalue weighted by Gasteiger charge is -2.14. The first-order valence-corrected chi connectivity index (χ1v) is 10.7. The summed E-state index contributed by atoms with van der Waals surface area (Å²) in [6, 6.07) is 12.8. The highest BCUT2D eigenvalue weighted by Gasteiger charge is 2.13. The maximum Gasteiger partial charge on any atom is 0.321 e. The molecule has 2 rings (SSSR count). The van der Waals surface area contributed by atoms with E-state index in [4.69, 9.17) is 9.84 Å². The number of carbonyl (C=O) groups is 2. The van der Waals surface area contributed by atoms with Gasteiger partial charge < -0.3 is 20.5 Å². The lowest BCUT2D eigenvalue weighted by Crippen LogP contribution is -2.47. The number of nitrogens with zero attached hydrogens (tertiary/aromatic N) is 1. The summed E-state index contributed by atoms with van der Waals surface area (Å²) in [7, 11) is 0. The molecule has 0 unspecified atom stereocenters. The molecule has 0 heterocycles. The van der Waals surface area contributed by atoms with Crippen molar-refractivity contribution in [2.45, 2.75) is 27.3 Å². The van der Waals surface area contributed by atoms with Crippen LogP contribution in [0, 0.1) is 12.8 Å². The second-order valence-corrected chi connectivity index (χ2v) is 7.78. The number of ether oxygens (including phenoxy) is 1. The minimum Gasteiger partial charge on any atom is -0.493 e. The molecule has 0 aliphatic rings. The number of nitrogens with one attached hydrogen (secondary N) is 3. The highest BCUT2D eigenvalue weighted by Crippen LogP contribution is 2.29. The Hall–Kier alpha value is -3.07. The van der Waals surface area contributed by atoms with E-state index in [0.717, 1.165) is 15.6 Å². The van der Waals surface area contributed by atoms with Crippen LogP contribution in [0.15, 0.2) is 51.9 Å². The molecule has 0 saturated carbocycles. The van der Waals surface area contributed by atoms with Crippen molar-refractivity contribution in [2.24, 2.45) is 10.9 Å². The number of carbonyl (C=O) groups excluding carboxylic acids is 1. The molecule has 9 heteroatoms. The van der Waals surface area contributed by atoms with Crippen LogP contribution in [0.4, 0.5) is 10.5 Å². The summed E-state index contributed by atoms with van der Waals surface area (Å²) in [4.78, 5) is 27.7. The lowest BCUT2D eigenvalue weighted by molar-refractivity contribution is -0.140. The van der Waals surface area contributed by atoms with Crippen LogP contribution in [0.3, 0.4) is 0 Å². The highest BCUT2D eigenvalue weighted by atomic mass is 79.9. The number of carboxylic acids is 1. The molecule has 8 nitrogen and oxygen atoms in total. The van der Waals surface area contributed by atoms with Gasteiger partial charge in [-0.1, -0.05) is 36.8 Å². The first-order chi connectivity index (χ1) is 14.8. The van der Waals surface area contributed by atoms with E-state index in [-0.39, 0.29) is 12.5 Å². The molecular formula is C22H27BrN4O4. The van der Waals surface area contributed by atoms with Crippen LogP contribution in [-0.4, -0.2) is 36.2 Å². The predicted octanol–water partition coefficient (Wildman–Crippen LogP) is 3.95. The van der Waals surface area contributed by atoms with Crippen molar-refractivity contribution < 1.29 is 19.4 Å². The second kappa shape index (κ2) is 11.9. The fraction of sp³-hybridized carbons (Fsp3) is 0.318. The van der Waals surface area contributed by atoms with Crippen LogP contribution in [0.5, 0.6) is 5.75 Å². The van der Waals surface area contributed by atoms with Crippen molar-refractivity contribution in [1.29, 1.82) is 0 Å². The number of halogens is 1. The molecule has 1 atom stereocenters. The molecule has 0 radical (unpaired) electrons. The number of aliphatic carboxylic acids is 1. The fourth-order valence-electron chi connectivity index (χ4n) is 2.45. The molecule has 0 aliphatic carbocycles. The van der Waals surface area contributed by atoms with Gasteiger partial charge in [0.1, 0.15) is 5.75 Å². The molecule has 0 saturated heterocycles. The lowest BCUT2D eigenvalue weighted by atomic mass is 10.1. The van der Waals surface area contributed by atoms with Crippen molar-refractivity contribution in [3.63, 3.8) is 0 Å². The summed E-state index contributed by atoms with van der Waals surface area (Å²) in [6.45, 7) is 6.42. The largest absolute Gasteiger partial charge is 0.493 e. The van der Waals surface area contributed by atoms with E-state index in [1.165, 1.54) is 6.92 Å². The third-order valence-electron chi connectivity index (χ3n) is 4.26. The molecule has 2 amide bonds. The van der Waals surface area contributed by atoms with Gasteiger partial charge in [0.2, 0.25) is 5.96 Å². The Labute approximate surface area is 190 Å². The fourth-order valence-corrected chi connectivity index (χ4v) is 2.93. The van der Waals surface area contributed by atoms with Crippen LogP contribution in [-0.2, 0) is 11.3 Å². The minimum atomic E-state index is -0.981. The average Bonchev–Trinajstić information content (AvgIpc) is 2.73. The average molecular weight is 491 g/mol. The molecule has 31 heavy (non-hydrogen) atoms. The molecule has 0 bridgehead atoms. The number of benzene rings is 2. The second-order valence-electron chi connectivity index (χ2n) is 6.92. The van der Waals surface area contributed by atoms with E-state index < -0.39 is 17.9 Å². The molecule has 2 aromatic rings. The summed E-state index contributed by atoms with van der Waals surface area (Å²) in [5.41, 5.74) is 2.77. The van der Waals surface area contributed by atoms with E-state index >= 15 is 0 Å². The van der Waals surface area contributed by atoms with Gasteiger partial charge in [0.15, 0.2) is 0 Å². The smallest absolute Gasteiger partial charge is 0.321 e. The van der Waals surface area contributed by atoms with Gasteiger partial charge >= 0.3 is 12.0 Å². The van der Waals surface area contributed by atoms with Crippen molar-refractivity contribution in [3.05, 3.63) is 58.1 Å². The van der Waals surface area contributed by atoms with Crippen LogP contribution in [0.25, 0.3) is 0 Å². The molecule has 4 N–H and O–H groups in total. The molecular weight excluding hydrogens is 464 g/mol. The first kappa shape index (κ1) is 24.2. The quantitative estimate of drug-likeness (QED) is 0.330. The van der Waals surface area contributed by atoms with Gasteiger partial charge in [-0.05, 0) is 53.5 Å². The van der Waals surface area contributed by atoms with Crippen LogP contribution >= 0.6 is 15.9 Å². The van der Waals surface area contributed by atoms with Crippen molar-refractivity contribution in [1.82, 2.24) is 16.0 Å². The van der Waals surface area contributed by atoms with Crippen LogP contribution in [0.1, 0.15) is 25.0 Å². The van der Waals surface area contributed by atoms with E-state index in [2.05, 4.69) is 36.9 Å². The maximum absolute atomic E-state index is 12.3. The van der Waals surface area contributed by atoms with Gasteiger partial charge in [-0.15, -0.1) is 0 Å². The Bertz CT molecular complexity index is 932. The van der Waals surface area contributed by atoms with E-state index in [0.29, 0.717) is 24.6 Å². The monoisotopic (exact) mass is 490 g/mol. The number of rotatable bonds is 8. The normalized spacial score (nSPS) is 12.1. The number of aliphatic imine (C=N–C) groups is 1. The molecule has 166 valence electrons. The standard InChI is InChI=1S/C22H27BrN4O4/c1-4-31-19-10-9-17(11-18(19)23)26-21(24-13-16-7-5-14(2)6-8-16)27-22(30)25-12-15(3)20(28)29/h5-11,15H,4,12-13H2,1-3H3,(H,28,29)(H3,24,25,26,27,30)/t15-/m0/s1. The van der Waals surface area contributed by atoms with Gasteiger partial charge in [-0.25, -0.2) is 9.79 Å². The topological polar surface area (TPSA) is 112 Å². The highest BCUT2D eigenvalue weighted by molar-refractivity contribution is 9.10. The molecule has 2 aromatic carbocycles. The summed E-state index contributed by atoms with van der Waals surface area (Å²) >= 11 is 3.46. The van der Waals surface area contributed by atoms with Crippen molar-refractivity contribution >= 4 is 39.6 Å². The maximum atomic E-state index is 12.3. The van der Waals surface area contributed by atoms with E-state index in [9.17, 15) is 9.59 Å². The van der Waals surface area contributed by atoms with Gasteiger partial charge in [0, 0.05) is 13.1 Å². The number of hydrogen-bond acceptors (Lipinski definition) is 4. The Kier molecular flexibility index (Phi) is 9.33. The number of hydrogen-bond donors (Lipinski definition) is 4. The summed E-state index contributed by atoms with van der Waals surface area (Å²) in [5.74, 6) is -0.749. The molecule has 0 fully saturated rings. The Morgan fingerprint density at radius 2 is 1.87 bits per heavy atom. The number of urea groups is 1. The third kappa shape index (κ3) is 8.29. The minimum absolute atomic E-state index is 0.00100. The summed E-state index contributed by atoms with van der Waals surface area (Å²) < 4.78 is 6.25. The van der Waals surface area contributed by atoms with Crippen LogP contribution in [0.2, 0.25) is 0 Å². The number of aryl methyl sites for hydroxylation is 1. The molecule has 0 aromatic heterocycles. The molecule has 0 aliphatic heterocycles. The molecule has 0 spiro atoms. The third-order valence-corrected chi connectivity index (χ3v) is 4.88. The zero-order chi connectivity index (χ0) is 22.8. The van der Waals surface area contributed by atoms with Crippen molar-refractivity contribution in [3.8, 4) is 5.75 Å². The Morgan fingerprint density at radius 1 is 1.16 bits per heavy atom. The Morgan fingerprint density at radius 3 is 2.48 bits per heavy atom. The SMILES string of the molecule is CCOc1ccc(/N=C(/NCc2ccc(C)cc2)NC(=O)NC[C@H](C)C(=O)O)cc1Br. The van der Waals surface area contributed by atoms with Crippen molar-refractivity contribution in [2.75, 3.05) is 13.2 Å². The number of guanidine groups is 1. The summed E-state index contributed by atoms with van der Waals surface area (Å²) in [5, 5.41) is 17.3. The van der Waals surface area contributed by atoms with E-state index in [1.54, 1.807) is 18.2 Å². The van der Waals surface area contributed by atoms with Gasteiger partial charge in [0.05, 0.1) is 22.7 Å². The van der Waals surface area contributed by atoms with Gasteiger partial charge in [-0.3, -0.25) is 10.1 Å². The predicted molar refractivity (Wildman–Crippen MR) is 124 cm³/mol. The van der Waals surface area contributed by atoms with Crippen LogP contribution < -0.4 is 20.7 Å². The van der Waals surface area contributed by atoms with Gasteiger partial charge in [-0.2, -0.15) is 0 Å².